The fraction of sp³-hybridized carbons (Fsp3) is 0.769. The Kier molecular flexibility index (Phi) is 3.85. The molecule has 1 saturated carbocycles. The lowest BCUT2D eigenvalue weighted by Crippen LogP contribution is -2.28. The minimum Gasteiger partial charge on any atom is -0.392 e. The first-order valence-electron chi connectivity index (χ1n) is 6.30. The lowest BCUT2D eigenvalue weighted by molar-refractivity contribution is 0.148. The highest BCUT2D eigenvalue weighted by Crippen LogP contribution is 2.32. The van der Waals surface area contributed by atoms with Crippen LogP contribution < -0.4 is 5.32 Å². The van der Waals surface area contributed by atoms with E-state index < -0.39 is 0 Å². The zero-order chi connectivity index (χ0) is 12.5. The van der Waals surface area contributed by atoms with Crippen molar-refractivity contribution in [2.45, 2.75) is 51.7 Å². The van der Waals surface area contributed by atoms with Crippen LogP contribution in [0.25, 0.3) is 0 Å². The van der Waals surface area contributed by atoms with E-state index in [4.69, 9.17) is 0 Å². The van der Waals surface area contributed by atoms with Crippen molar-refractivity contribution < 1.29 is 5.11 Å². The van der Waals surface area contributed by atoms with E-state index in [0.29, 0.717) is 12.5 Å². The average molecular weight is 254 g/mol. The molecule has 0 spiro atoms. The van der Waals surface area contributed by atoms with Gasteiger partial charge in [-0.05, 0) is 18.8 Å². The van der Waals surface area contributed by atoms with Crippen LogP contribution in [0.5, 0.6) is 0 Å². The summed E-state index contributed by atoms with van der Waals surface area (Å²) in [5, 5.41) is 16.3. The number of hydrogen-bond acceptors (Lipinski definition) is 4. The molecule has 1 heterocycles. The van der Waals surface area contributed by atoms with E-state index >= 15 is 0 Å². The molecule has 1 atom stereocenters. The van der Waals surface area contributed by atoms with Gasteiger partial charge in [0.2, 0.25) is 0 Å². The Bertz CT molecular complexity index is 366. The number of aromatic nitrogens is 1. The molecular weight excluding hydrogens is 232 g/mol. The van der Waals surface area contributed by atoms with Crippen LogP contribution in [-0.4, -0.2) is 22.7 Å². The lowest BCUT2D eigenvalue weighted by atomic mass is 9.98. The van der Waals surface area contributed by atoms with Crippen molar-refractivity contribution in [2.24, 2.45) is 5.92 Å². The summed E-state index contributed by atoms with van der Waals surface area (Å²) in [6, 6.07) is 0. The monoisotopic (exact) mass is 254 g/mol. The predicted molar refractivity (Wildman–Crippen MR) is 71.3 cm³/mol. The second-order valence-electron chi connectivity index (χ2n) is 5.93. The lowest BCUT2D eigenvalue weighted by Gasteiger charge is -2.13. The number of thiazole rings is 1. The van der Waals surface area contributed by atoms with Crippen LogP contribution in [0.15, 0.2) is 5.38 Å². The Morgan fingerprint density at radius 1 is 1.53 bits per heavy atom. The first kappa shape index (κ1) is 13.0. The topological polar surface area (TPSA) is 45.2 Å². The molecule has 1 aromatic rings. The Hall–Kier alpha value is -0.450. The van der Waals surface area contributed by atoms with E-state index in [9.17, 15) is 5.11 Å². The largest absolute Gasteiger partial charge is 0.392 e. The van der Waals surface area contributed by atoms with E-state index in [-0.39, 0.29) is 11.5 Å². The highest BCUT2D eigenvalue weighted by atomic mass is 32.1. The highest BCUT2D eigenvalue weighted by Gasteiger charge is 2.29. The first-order chi connectivity index (χ1) is 7.97. The molecule has 2 rings (SSSR count). The molecule has 0 bridgehead atoms. The van der Waals surface area contributed by atoms with Crippen molar-refractivity contribution in [3.8, 4) is 0 Å². The maximum absolute atomic E-state index is 9.72. The molecule has 1 fully saturated rings. The quantitative estimate of drug-likeness (QED) is 0.847. The van der Waals surface area contributed by atoms with Crippen molar-refractivity contribution >= 4 is 11.3 Å². The summed E-state index contributed by atoms with van der Waals surface area (Å²) in [6.07, 6.45) is 2.21. The number of nitrogens with one attached hydrogen (secondary N) is 1. The van der Waals surface area contributed by atoms with Crippen LogP contribution in [0.3, 0.4) is 0 Å². The zero-order valence-electron chi connectivity index (χ0n) is 10.9. The van der Waals surface area contributed by atoms with Gasteiger partial charge in [-0.3, -0.25) is 0 Å². The van der Waals surface area contributed by atoms with Crippen molar-refractivity contribution in [1.82, 2.24) is 10.3 Å². The molecule has 0 amide bonds. The Morgan fingerprint density at radius 3 is 2.76 bits per heavy atom. The Morgan fingerprint density at radius 2 is 2.24 bits per heavy atom. The summed E-state index contributed by atoms with van der Waals surface area (Å²) in [7, 11) is 0. The summed E-state index contributed by atoms with van der Waals surface area (Å²) >= 11 is 1.72. The van der Waals surface area contributed by atoms with Crippen molar-refractivity contribution in [1.29, 1.82) is 0 Å². The molecular formula is C13H22N2OS. The molecule has 0 radical (unpaired) electrons. The van der Waals surface area contributed by atoms with Gasteiger partial charge in [0.25, 0.3) is 0 Å². The molecule has 1 aliphatic carbocycles. The highest BCUT2D eigenvalue weighted by molar-refractivity contribution is 7.09. The van der Waals surface area contributed by atoms with Gasteiger partial charge in [-0.25, -0.2) is 4.98 Å². The zero-order valence-corrected chi connectivity index (χ0v) is 11.7. The van der Waals surface area contributed by atoms with Gasteiger partial charge in [0.05, 0.1) is 16.8 Å². The van der Waals surface area contributed by atoms with Crippen molar-refractivity contribution in [3.05, 3.63) is 16.1 Å². The fourth-order valence-corrected chi connectivity index (χ4v) is 2.64. The molecule has 1 aliphatic rings. The smallest absolute Gasteiger partial charge is 0.0982 e. The van der Waals surface area contributed by atoms with Gasteiger partial charge in [0.15, 0.2) is 0 Å². The molecule has 1 aromatic heterocycles. The second kappa shape index (κ2) is 5.04. The van der Waals surface area contributed by atoms with Gasteiger partial charge < -0.3 is 10.4 Å². The van der Waals surface area contributed by atoms with Crippen LogP contribution in [0.4, 0.5) is 0 Å². The maximum atomic E-state index is 9.72. The SMILES string of the molecule is CC(C)(C)c1nc(CNCC(O)C2CC2)cs1. The van der Waals surface area contributed by atoms with Crippen LogP contribution in [0.1, 0.15) is 44.3 Å². The van der Waals surface area contributed by atoms with Crippen LogP contribution in [0, 0.1) is 5.92 Å². The minimum absolute atomic E-state index is 0.135. The third-order valence-corrected chi connectivity index (χ3v) is 4.34. The Labute approximate surface area is 107 Å². The molecule has 0 aliphatic heterocycles. The number of hydrogen-bond donors (Lipinski definition) is 2. The average Bonchev–Trinajstić information content (AvgIpc) is 2.97. The predicted octanol–water partition coefficient (Wildman–Crippen LogP) is 2.30. The standard InChI is InChI=1S/C13H22N2OS/c1-13(2,3)12-15-10(8-17-12)6-14-7-11(16)9-4-5-9/h8-9,11,14,16H,4-7H2,1-3H3. The maximum Gasteiger partial charge on any atom is 0.0982 e. The molecule has 0 saturated heterocycles. The number of rotatable bonds is 5. The van der Waals surface area contributed by atoms with Gasteiger partial charge in [0.1, 0.15) is 0 Å². The minimum atomic E-state index is -0.171. The van der Waals surface area contributed by atoms with Crippen molar-refractivity contribution in [2.75, 3.05) is 6.54 Å². The van der Waals surface area contributed by atoms with Crippen LogP contribution >= 0.6 is 11.3 Å². The molecule has 0 aromatic carbocycles. The summed E-state index contributed by atoms with van der Waals surface area (Å²) in [5.74, 6) is 0.545. The molecule has 4 heteroatoms. The number of aliphatic hydroxyl groups excluding tert-OH is 1. The number of aliphatic hydroxyl groups is 1. The summed E-state index contributed by atoms with van der Waals surface area (Å²) in [5.41, 5.74) is 1.22. The second-order valence-corrected chi connectivity index (χ2v) is 6.79. The van der Waals surface area contributed by atoms with Gasteiger partial charge in [-0.1, -0.05) is 20.8 Å². The molecule has 1 unspecified atom stereocenters. The van der Waals surface area contributed by atoms with Gasteiger partial charge in [-0.15, -0.1) is 11.3 Å². The van der Waals surface area contributed by atoms with Gasteiger partial charge >= 0.3 is 0 Å². The Balaban J connectivity index is 1.77. The molecule has 17 heavy (non-hydrogen) atoms. The van der Waals surface area contributed by atoms with E-state index in [0.717, 1.165) is 12.2 Å². The normalized spacial score (nSPS) is 18.4. The summed E-state index contributed by atoms with van der Waals surface area (Å²) in [6.45, 7) is 7.99. The molecule has 2 N–H and O–H groups in total. The van der Waals surface area contributed by atoms with E-state index in [1.807, 2.05) is 0 Å². The molecule has 96 valence electrons. The first-order valence-corrected chi connectivity index (χ1v) is 7.18. The summed E-state index contributed by atoms with van der Waals surface area (Å²) in [4.78, 5) is 4.61. The third-order valence-electron chi connectivity index (χ3n) is 3.02. The van der Waals surface area contributed by atoms with E-state index in [1.165, 1.54) is 17.8 Å². The summed E-state index contributed by atoms with van der Waals surface area (Å²) < 4.78 is 0. The van der Waals surface area contributed by atoms with Gasteiger partial charge in [-0.2, -0.15) is 0 Å². The van der Waals surface area contributed by atoms with Crippen molar-refractivity contribution in [3.63, 3.8) is 0 Å². The van der Waals surface area contributed by atoms with Crippen LogP contribution in [0.2, 0.25) is 0 Å². The fourth-order valence-electron chi connectivity index (χ4n) is 1.73. The van der Waals surface area contributed by atoms with Crippen LogP contribution in [-0.2, 0) is 12.0 Å². The van der Waals surface area contributed by atoms with E-state index in [2.05, 4.69) is 36.5 Å². The van der Waals surface area contributed by atoms with Gasteiger partial charge in [0, 0.05) is 23.9 Å². The van der Waals surface area contributed by atoms with E-state index in [1.54, 1.807) is 11.3 Å². The molecule has 3 nitrogen and oxygen atoms in total. The third kappa shape index (κ3) is 3.76. The number of nitrogens with zero attached hydrogens (tertiary/aromatic N) is 1.